The molecule has 0 unspecified atom stereocenters. The first kappa shape index (κ1) is 17.3. The van der Waals surface area contributed by atoms with Gasteiger partial charge in [0.1, 0.15) is 0 Å². The number of carbonyl (C=O) groups is 1. The quantitative estimate of drug-likeness (QED) is 0.849. The average Bonchev–Trinajstić information content (AvgIpc) is 2.24. The predicted octanol–water partition coefficient (Wildman–Crippen LogP) is 3.15. The maximum Gasteiger partial charge on any atom is 0.416 e. The first-order valence-electron chi connectivity index (χ1n) is 5.64. The Labute approximate surface area is 115 Å². The third kappa shape index (κ3) is 6.48. The Kier molecular flexibility index (Phi) is 5.21. The van der Waals surface area contributed by atoms with Gasteiger partial charge in [-0.2, -0.15) is 26.3 Å². The highest BCUT2D eigenvalue weighted by Gasteiger charge is 2.33. The summed E-state index contributed by atoms with van der Waals surface area (Å²) in [5.41, 5.74) is -1.04. The van der Waals surface area contributed by atoms with Crippen molar-refractivity contribution in [3.63, 3.8) is 0 Å². The Bertz CT molecular complexity index is 497. The van der Waals surface area contributed by atoms with Crippen molar-refractivity contribution >= 4 is 5.97 Å². The van der Waals surface area contributed by atoms with Crippen molar-refractivity contribution in [1.29, 1.82) is 0 Å². The topological polar surface area (TPSA) is 40.5 Å². The fraction of sp³-hybridized carbons (Fsp3) is 0.417. The van der Waals surface area contributed by atoms with Crippen LogP contribution < -0.4 is 0 Å². The molecule has 0 heterocycles. The van der Waals surface area contributed by atoms with E-state index in [2.05, 4.69) is 0 Å². The smallest absolute Gasteiger partial charge is 0.416 e. The summed E-state index contributed by atoms with van der Waals surface area (Å²) in [7, 11) is 0. The van der Waals surface area contributed by atoms with Crippen LogP contribution in [0, 0.1) is 0 Å². The molecule has 0 aliphatic heterocycles. The summed E-state index contributed by atoms with van der Waals surface area (Å²) < 4.78 is 74.4. The third-order valence-corrected chi connectivity index (χ3v) is 2.42. The molecule has 0 aliphatic rings. The zero-order valence-electron chi connectivity index (χ0n) is 10.5. The molecule has 3 nitrogen and oxygen atoms in total. The summed E-state index contributed by atoms with van der Waals surface area (Å²) in [6.45, 7) is -2.99. The van der Waals surface area contributed by atoms with Crippen molar-refractivity contribution in [1.82, 2.24) is 4.90 Å². The summed E-state index contributed by atoms with van der Waals surface area (Å²) in [4.78, 5) is 11.0. The number of benzene rings is 1. The van der Waals surface area contributed by atoms with E-state index in [1.54, 1.807) is 0 Å². The first-order valence-corrected chi connectivity index (χ1v) is 5.64. The number of hydrogen-bond acceptors (Lipinski definition) is 2. The van der Waals surface area contributed by atoms with Gasteiger partial charge in [0.2, 0.25) is 0 Å². The molecule has 21 heavy (non-hydrogen) atoms. The van der Waals surface area contributed by atoms with E-state index in [9.17, 15) is 31.1 Å². The van der Waals surface area contributed by atoms with Crippen molar-refractivity contribution in [2.24, 2.45) is 0 Å². The standard InChI is InChI=1S/C12H11F6NO2/c13-11(14,15)7-19(6-10(20)21)5-8-2-1-3-9(4-8)12(16,17)18/h1-4H,5-7H2,(H,20,21). The fourth-order valence-electron chi connectivity index (χ4n) is 1.72. The Hall–Kier alpha value is -1.77. The van der Waals surface area contributed by atoms with Gasteiger partial charge in [0, 0.05) is 6.54 Å². The molecule has 0 saturated carbocycles. The summed E-state index contributed by atoms with van der Waals surface area (Å²) in [6.07, 6.45) is -9.26. The first-order chi connectivity index (χ1) is 9.47. The van der Waals surface area contributed by atoms with Gasteiger partial charge in [-0.15, -0.1) is 0 Å². The van der Waals surface area contributed by atoms with Crippen LogP contribution in [0.15, 0.2) is 24.3 Å². The van der Waals surface area contributed by atoms with Gasteiger partial charge in [-0.3, -0.25) is 9.69 Å². The van der Waals surface area contributed by atoms with Crippen molar-refractivity contribution in [3.05, 3.63) is 35.4 Å². The number of carboxylic acid groups (broad SMARTS) is 1. The van der Waals surface area contributed by atoms with Gasteiger partial charge < -0.3 is 5.11 Å². The van der Waals surface area contributed by atoms with Crippen molar-refractivity contribution in [3.8, 4) is 0 Å². The van der Waals surface area contributed by atoms with E-state index in [1.807, 2.05) is 0 Å². The molecule has 0 aliphatic carbocycles. The lowest BCUT2D eigenvalue weighted by Gasteiger charge is -2.22. The van der Waals surface area contributed by atoms with Crippen LogP contribution >= 0.6 is 0 Å². The normalized spacial score (nSPS) is 12.7. The number of nitrogens with zero attached hydrogens (tertiary/aromatic N) is 1. The SMILES string of the molecule is O=C(O)CN(Cc1cccc(C(F)(F)F)c1)CC(F)(F)F. The molecule has 1 aromatic rings. The van der Waals surface area contributed by atoms with E-state index in [4.69, 9.17) is 5.11 Å². The molecular formula is C12H11F6NO2. The monoisotopic (exact) mass is 315 g/mol. The summed E-state index contributed by atoms with van der Waals surface area (Å²) in [5, 5.41) is 8.55. The van der Waals surface area contributed by atoms with E-state index in [1.165, 1.54) is 6.07 Å². The largest absolute Gasteiger partial charge is 0.480 e. The lowest BCUT2D eigenvalue weighted by molar-refractivity contribution is -0.155. The number of aliphatic carboxylic acids is 1. The van der Waals surface area contributed by atoms with Crippen LogP contribution in [0.1, 0.15) is 11.1 Å². The maximum atomic E-state index is 12.5. The zero-order valence-corrected chi connectivity index (χ0v) is 10.5. The average molecular weight is 315 g/mol. The van der Waals surface area contributed by atoms with Gasteiger partial charge in [0.05, 0.1) is 18.7 Å². The van der Waals surface area contributed by atoms with E-state index < -0.39 is 43.5 Å². The molecule has 9 heteroatoms. The lowest BCUT2D eigenvalue weighted by atomic mass is 10.1. The number of rotatable bonds is 5. The maximum absolute atomic E-state index is 12.5. The molecule has 0 spiro atoms. The molecule has 1 rings (SSSR count). The Morgan fingerprint density at radius 1 is 1.14 bits per heavy atom. The van der Waals surface area contributed by atoms with Crippen LogP contribution in [0.4, 0.5) is 26.3 Å². The molecule has 118 valence electrons. The highest BCUT2D eigenvalue weighted by molar-refractivity contribution is 5.69. The Morgan fingerprint density at radius 2 is 1.76 bits per heavy atom. The lowest BCUT2D eigenvalue weighted by Crippen LogP contribution is -2.37. The molecule has 0 aromatic heterocycles. The van der Waals surface area contributed by atoms with Crippen LogP contribution in [0.2, 0.25) is 0 Å². The van der Waals surface area contributed by atoms with Crippen molar-refractivity contribution in [2.75, 3.05) is 13.1 Å². The molecule has 1 N–H and O–H groups in total. The molecule has 0 bridgehead atoms. The van der Waals surface area contributed by atoms with E-state index >= 15 is 0 Å². The van der Waals surface area contributed by atoms with Gasteiger partial charge in [0.15, 0.2) is 0 Å². The molecule has 0 atom stereocenters. The second-order valence-corrected chi connectivity index (χ2v) is 4.35. The van der Waals surface area contributed by atoms with Crippen LogP contribution in [-0.2, 0) is 17.5 Å². The number of halogens is 6. The molecule has 0 amide bonds. The Balaban J connectivity index is 2.90. The summed E-state index contributed by atoms with van der Waals surface area (Å²) in [5.74, 6) is -1.49. The van der Waals surface area contributed by atoms with Crippen molar-refractivity contribution in [2.45, 2.75) is 18.9 Å². The fourth-order valence-corrected chi connectivity index (χ4v) is 1.72. The van der Waals surface area contributed by atoms with E-state index in [0.29, 0.717) is 11.0 Å². The molecule has 1 aromatic carbocycles. The number of hydrogen-bond donors (Lipinski definition) is 1. The van der Waals surface area contributed by atoms with Crippen molar-refractivity contribution < 1.29 is 36.2 Å². The number of alkyl halides is 6. The predicted molar refractivity (Wildman–Crippen MR) is 60.4 cm³/mol. The highest BCUT2D eigenvalue weighted by atomic mass is 19.4. The van der Waals surface area contributed by atoms with Gasteiger partial charge in [-0.25, -0.2) is 0 Å². The van der Waals surface area contributed by atoms with E-state index in [-0.39, 0.29) is 5.56 Å². The van der Waals surface area contributed by atoms with E-state index in [0.717, 1.165) is 12.1 Å². The van der Waals surface area contributed by atoms with Crippen LogP contribution in [-0.4, -0.2) is 35.2 Å². The summed E-state index contributed by atoms with van der Waals surface area (Å²) in [6, 6.07) is 3.76. The Morgan fingerprint density at radius 3 is 2.24 bits per heavy atom. The van der Waals surface area contributed by atoms with Gasteiger partial charge >= 0.3 is 18.3 Å². The highest BCUT2D eigenvalue weighted by Crippen LogP contribution is 2.30. The molecule has 0 radical (unpaired) electrons. The number of carboxylic acids is 1. The summed E-state index contributed by atoms with van der Waals surface area (Å²) >= 11 is 0. The molecule has 0 fully saturated rings. The van der Waals surface area contributed by atoms with Crippen LogP contribution in [0.3, 0.4) is 0 Å². The van der Waals surface area contributed by atoms with Gasteiger partial charge in [-0.1, -0.05) is 18.2 Å². The van der Waals surface area contributed by atoms with Crippen LogP contribution in [0.5, 0.6) is 0 Å². The minimum absolute atomic E-state index is 0.0460. The molecule has 0 saturated heterocycles. The van der Waals surface area contributed by atoms with Gasteiger partial charge in [-0.05, 0) is 11.6 Å². The second kappa shape index (κ2) is 6.33. The van der Waals surface area contributed by atoms with Gasteiger partial charge in [0.25, 0.3) is 0 Å². The molecular weight excluding hydrogens is 304 g/mol. The second-order valence-electron chi connectivity index (χ2n) is 4.35. The third-order valence-electron chi connectivity index (χ3n) is 2.42. The zero-order chi connectivity index (χ0) is 16.3. The minimum atomic E-state index is -4.64. The minimum Gasteiger partial charge on any atom is -0.480 e. The van der Waals surface area contributed by atoms with Crippen LogP contribution in [0.25, 0.3) is 0 Å².